The number of fused-ring (bicyclic) bond motifs is 1. The minimum absolute atomic E-state index is 0.0817. The number of aromatic nitrogens is 4. The van der Waals surface area contributed by atoms with Crippen LogP contribution in [0.25, 0.3) is 22.3 Å². The lowest BCUT2D eigenvalue weighted by Gasteiger charge is -2.28. The van der Waals surface area contributed by atoms with Gasteiger partial charge in [-0.1, -0.05) is 0 Å². The van der Waals surface area contributed by atoms with Gasteiger partial charge in [-0.2, -0.15) is 5.10 Å². The summed E-state index contributed by atoms with van der Waals surface area (Å²) in [6.07, 6.45) is 1.81. The molecule has 0 saturated carbocycles. The Hall–Kier alpha value is -3.98. The van der Waals surface area contributed by atoms with Crippen LogP contribution in [0.5, 0.6) is 5.75 Å². The van der Waals surface area contributed by atoms with E-state index in [0.717, 1.165) is 29.2 Å². The molecular formula is C27H30N6O3. The van der Waals surface area contributed by atoms with Crippen molar-refractivity contribution in [2.75, 3.05) is 25.6 Å². The van der Waals surface area contributed by atoms with E-state index in [9.17, 15) is 9.90 Å². The van der Waals surface area contributed by atoms with Crippen molar-refractivity contribution in [1.29, 1.82) is 0 Å². The number of nitrogens with one attached hydrogen (secondary N) is 1. The van der Waals surface area contributed by atoms with Gasteiger partial charge in [0.15, 0.2) is 0 Å². The lowest BCUT2D eigenvalue weighted by molar-refractivity contribution is 0.0211. The molecule has 0 unspecified atom stereocenters. The Bertz CT molecular complexity index is 1440. The number of anilines is 1. The lowest BCUT2D eigenvalue weighted by atomic mass is 10.0. The normalized spacial score (nSPS) is 13.6. The number of aryl methyl sites for hydroxylation is 2. The van der Waals surface area contributed by atoms with Crippen LogP contribution < -0.4 is 5.32 Å². The molecule has 0 aliphatic carbocycles. The first kappa shape index (κ1) is 23.7. The van der Waals surface area contributed by atoms with E-state index in [1.54, 1.807) is 36.2 Å². The maximum Gasteiger partial charge on any atom is 0.254 e. The molecule has 9 nitrogen and oxygen atoms in total. The number of benzene rings is 1. The summed E-state index contributed by atoms with van der Waals surface area (Å²) in [4.78, 5) is 24.9. The van der Waals surface area contributed by atoms with Crippen molar-refractivity contribution < 1.29 is 14.6 Å². The Morgan fingerprint density at radius 3 is 2.64 bits per heavy atom. The molecule has 2 N–H and O–H groups in total. The molecule has 1 amide bonds. The smallest absolute Gasteiger partial charge is 0.254 e. The third-order valence-corrected chi connectivity index (χ3v) is 6.63. The largest absolute Gasteiger partial charge is 0.508 e. The second kappa shape index (κ2) is 9.58. The number of phenolic OH excluding ortho intramolecular Hbond substituents is 1. The number of nitrogens with zero attached hydrogens (tertiary/aromatic N) is 5. The van der Waals surface area contributed by atoms with Crippen LogP contribution in [0.3, 0.4) is 0 Å². The van der Waals surface area contributed by atoms with Crippen molar-refractivity contribution >= 4 is 22.5 Å². The predicted octanol–water partition coefficient (Wildman–Crippen LogP) is 3.92. The Labute approximate surface area is 209 Å². The zero-order valence-corrected chi connectivity index (χ0v) is 20.9. The highest BCUT2D eigenvalue weighted by Gasteiger charge is 2.21. The van der Waals surface area contributed by atoms with Gasteiger partial charge in [-0.25, -0.2) is 9.97 Å². The Morgan fingerprint density at radius 2 is 1.97 bits per heavy atom. The number of pyridine rings is 2. The highest BCUT2D eigenvalue weighted by molar-refractivity contribution is 6.07. The molecule has 1 aliphatic rings. The molecule has 0 atom stereocenters. The SMILES string of the molecule is CCn1ncc(CN(C)C(=O)c2cc(-c3ccc(NC4COC4)c(C)n3)nc3ccc(O)cc23)c1C. The molecule has 0 radical (unpaired) electrons. The van der Waals surface area contributed by atoms with Gasteiger partial charge in [-0.05, 0) is 57.2 Å². The van der Waals surface area contributed by atoms with Crippen LogP contribution in [0.15, 0.2) is 42.6 Å². The number of aromatic hydroxyl groups is 1. The molecule has 9 heteroatoms. The summed E-state index contributed by atoms with van der Waals surface area (Å²) < 4.78 is 7.16. The van der Waals surface area contributed by atoms with E-state index in [4.69, 9.17) is 14.7 Å². The zero-order valence-electron chi connectivity index (χ0n) is 20.9. The van der Waals surface area contributed by atoms with Gasteiger partial charge in [0.05, 0.1) is 59.3 Å². The number of amides is 1. The summed E-state index contributed by atoms with van der Waals surface area (Å²) in [6, 6.07) is 10.8. The fraction of sp³-hybridized carbons (Fsp3) is 0.333. The van der Waals surface area contributed by atoms with Gasteiger partial charge in [-0.3, -0.25) is 9.48 Å². The van der Waals surface area contributed by atoms with Crippen molar-refractivity contribution in [1.82, 2.24) is 24.6 Å². The second-order valence-electron chi connectivity index (χ2n) is 9.20. The van der Waals surface area contributed by atoms with Crippen molar-refractivity contribution in [2.24, 2.45) is 0 Å². The van der Waals surface area contributed by atoms with E-state index in [-0.39, 0.29) is 11.7 Å². The molecule has 5 rings (SSSR count). The van der Waals surface area contributed by atoms with E-state index in [2.05, 4.69) is 10.4 Å². The van der Waals surface area contributed by atoms with Crippen LogP contribution in [0.4, 0.5) is 5.69 Å². The van der Waals surface area contributed by atoms with Crippen molar-refractivity contribution in [3.8, 4) is 17.1 Å². The predicted molar refractivity (Wildman–Crippen MR) is 138 cm³/mol. The standard InChI is InChI=1S/C27H30N6O3/c1-5-33-17(3)18(12-28-33)13-32(4)27(35)22-11-26(31-24-7-6-20(34)10-21(22)24)25-9-8-23(16(2)29-25)30-19-14-36-15-19/h6-12,19,30,34H,5,13-15H2,1-4H3. The first-order chi connectivity index (χ1) is 17.3. The van der Waals surface area contributed by atoms with Crippen LogP contribution in [-0.4, -0.2) is 62.0 Å². The molecule has 4 aromatic rings. The van der Waals surface area contributed by atoms with Gasteiger partial charge in [0.25, 0.3) is 5.91 Å². The number of ether oxygens (including phenoxy) is 1. The van der Waals surface area contributed by atoms with Gasteiger partial charge in [-0.15, -0.1) is 0 Å². The second-order valence-corrected chi connectivity index (χ2v) is 9.20. The summed E-state index contributed by atoms with van der Waals surface area (Å²) in [7, 11) is 1.77. The number of carbonyl (C=O) groups excluding carboxylic acids is 1. The van der Waals surface area contributed by atoms with Crippen molar-refractivity contribution in [2.45, 2.75) is 39.9 Å². The van der Waals surface area contributed by atoms with E-state index in [1.807, 2.05) is 43.8 Å². The van der Waals surface area contributed by atoms with E-state index in [0.29, 0.717) is 53.7 Å². The molecule has 0 spiro atoms. The van der Waals surface area contributed by atoms with Crippen molar-refractivity contribution in [3.63, 3.8) is 0 Å². The highest BCUT2D eigenvalue weighted by atomic mass is 16.5. The first-order valence-corrected chi connectivity index (χ1v) is 12.1. The minimum Gasteiger partial charge on any atom is -0.508 e. The van der Waals surface area contributed by atoms with Crippen LogP contribution in [0, 0.1) is 13.8 Å². The summed E-state index contributed by atoms with van der Waals surface area (Å²) in [6.45, 7) is 8.57. The molecule has 1 aliphatic heterocycles. The summed E-state index contributed by atoms with van der Waals surface area (Å²) in [5.41, 5.74) is 6.18. The van der Waals surface area contributed by atoms with Gasteiger partial charge in [0, 0.05) is 36.8 Å². The Balaban J connectivity index is 1.50. The number of hydrogen-bond acceptors (Lipinski definition) is 7. The first-order valence-electron chi connectivity index (χ1n) is 12.1. The molecule has 3 aromatic heterocycles. The van der Waals surface area contributed by atoms with E-state index in [1.165, 1.54) is 0 Å². The van der Waals surface area contributed by atoms with E-state index >= 15 is 0 Å². The van der Waals surface area contributed by atoms with E-state index < -0.39 is 0 Å². The minimum atomic E-state index is -0.169. The molecule has 0 bridgehead atoms. The molecule has 1 saturated heterocycles. The summed E-state index contributed by atoms with van der Waals surface area (Å²) in [5.74, 6) is -0.0870. The highest BCUT2D eigenvalue weighted by Crippen LogP contribution is 2.29. The third-order valence-electron chi connectivity index (χ3n) is 6.63. The Morgan fingerprint density at radius 1 is 1.17 bits per heavy atom. The zero-order chi connectivity index (χ0) is 25.4. The average Bonchev–Trinajstić information content (AvgIpc) is 3.19. The number of rotatable bonds is 7. The fourth-order valence-corrected chi connectivity index (χ4v) is 4.41. The molecule has 4 heterocycles. The molecule has 1 fully saturated rings. The number of carbonyl (C=O) groups is 1. The van der Waals surface area contributed by atoms with Crippen LogP contribution in [-0.2, 0) is 17.8 Å². The maximum atomic E-state index is 13.7. The molecule has 186 valence electrons. The van der Waals surface area contributed by atoms with Gasteiger partial charge < -0.3 is 20.1 Å². The lowest BCUT2D eigenvalue weighted by Crippen LogP contribution is -2.40. The molecular weight excluding hydrogens is 456 g/mol. The van der Waals surface area contributed by atoms with Crippen molar-refractivity contribution in [3.05, 3.63) is 65.1 Å². The Kier molecular flexibility index (Phi) is 6.32. The molecule has 1 aromatic carbocycles. The number of hydrogen-bond donors (Lipinski definition) is 2. The van der Waals surface area contributed by atoms with Crippen LogP contribution in [0.1, 0.15) is 34.2 Å². The fourth-order valence-electron chi connectivity index (χ4n) is 4.41. The molecule has 36 heavy (non-hydrogen) atoms. The topological polar surface area (TPSA) is 105 Å². The van der Waals surface area contributed by atoms with Gasteiger partial charge in [0.2, 0.25) is 0 Å². The number of phenols is 1. The summed E-state index contributed by atoms with van der Waals surface area (Å²) >= 11 is 0. The summed E-state index contributed by atoms with van der Waals surface area (Å²) in [5, 5.41) is 18.6. The monoisotopic (exact) mass is 486 g/mol. The third kappa shape index (κ3) is 4.49. The quantitative estimate of drug-likeness (QED) is 0.408. The van der Waals surface area contributed by atoms with Gasteiger partial charge in [0.1, 0.15) is 5.75 Å². The average molecular weight is 487 g/mol. The maximum absolute atomic E-state index is 13.7. The van der Waals surface area contributed by atoms with Crippen LogP contribution in [0.2, 0.25) is 0 Å². The van der Waals surface area contributed by atoms with Gasteiger partial charge >= 0.3 is 0 Å². The van der Waals surface area contributed by atoms with Crippen LogP contribution >= 0.6 is 0 Å².